The summed E-state index contributed by atoms with van der Waals surface area (Å²) >= 11 is -2.15. The topological polar surface area (TPSA) is 78.9 Å². The van der Waals surface area contributed by atoms with Gasteiger partial charge in [-0.25, -0.2) is 4.21 Å². The number of rotatable bonds is 9. The van der Waals surface area contributed by atoms with Crippen LogP contribution in [0.5, 0.6) is 5.75 Å². The van der Waals surface area contributed by atoms with Crippen molar-refractivity contribution in [3.05, 3.63) is 72.3 Å². The van der Waals surface area contributed by atoms with Crippen LogP contribution in [-0.4, -0.2) is 28.3 Å². The minimum absolute atomic E-state index is 0.206. The molecule has 2 aromatic carbocycles. The zero-order chi connectivity index (χ0) is 18.9. The number of carbonyl (C=O) groups excluding carboxylic acids is 1. The molecule has 6 nitrogen and oxygen atoms in total. The zero-order valence-electron chi connectivity index (χ0n) is 14.6. The van der Waals surface area contributed by atoms with Crippen LogP contribution < -0.4 is 14.4 Å². The molecule has 2 aromatic rings. The highest BCUT2D eigenvalue weighted by atomic mass is 32.2. The molecule has 0 fully saturated rings. The maximum atomic E-state index is 11.7. The van der Waals surface area contributed by atoms with Crippen LogP contribution in [0.2, 0.25) is 0 Å². The molecule has 0 aliphatic carbocycles. The third kappa shape index (κ3) is 5.72. The fourth-order valence-corrected chi connectivity index (χ4v) is 2.93. The number of carbonyl (C=O) groups is 1. The summed E-state index contributed by atoms with van der Waals surface area (Å²) in [6.45, 7) is 4.20. The number of nitrogens with zero attached hydrogens (tertiary/aromatic N) is 1. The lowest BCUT2D eigenvalue weighted by Gasteiger charge is -2.20. The quantitative estimate of drug-likeness (QED) is 0.522. The lowest BCUT2D eigenvalue weighted by atomic mass is 10.1. The lowest BCUT2D eigenvalue weighted by Crippen LogP contribution is -2.25. The minimum atomic E-state index is -2.15. The average molecular weight is 374 g/mol. The van der Waals surface area contributed by atoms with Gasteiger partial charge in [-0.1, -0.05) is 30.8 Å². The molecule has 0 radical (unpaired) electrons. The van der Waals surface area contributed by atoms with E-state index in [2.05, 4.69) is 11.9 Å². The fourth-order valence-electron chi connectivity index (χ4n) is 2.36. The van der Waals surface area contributed by atoms with E-state index in [1.165, 1.54) is 10.4 Å². The summed E-state index contributed by atoms with van der Waals surface area (Å²) < 4.78 is 27.9. The van der Waals surface area contributed by atoms with Crippen molar-refractivity contribution in [2.45, 2.75) is 13.0 Å². The molecule has 1 unspecified atom stereocenters. The molecule has 7 heteroatoms. The molecule has 0 saturated heterocycles. The van der Waals surface area contributed by atoms with Crippen molar-refractivity contribution < 1.29 is 18.3 Å². The smallest absolute Gasteiger partial charge is 0.262 e. The van der Waals surface area contributed by atoms with Gasteiger partial charge in [0.15, 0.2) is 0 Å². The molecule has 0 aromatic heterocycles. The maximum absolute atomic E-state index is 11.7. The van der Waals surface area contributed by atoms with Crippen molar-refractivity contribution in [1.82, 2.24) is 5.32 Å². The number of hydrogen-bond donors (Lipinski definition) is 2. The Morgan fingerprint density at radius 2 is 1.81 bits per heavy atom. The van der Waals surface area contributed by atoms with E-state index in [1.54, 1.807) is 19.2 Å². The first-order valence-electron chi connectivity index (χ1n) is 8.04. The Labute approximate surface area is 155 Å². The molecular formula is C19H22N2O4S. The molecule has 0 saturated carbocycles. The summed E-state index contributed by atoms with van der Waals surface area (Å²) in [6.07, 6.45) is 1.90. The molecule has 0 aliphatic rings. The van der Waals surface area contributed by atoms with Gasteiger partial charge in [-0.3, -0.25) is 13.7 Å². The van der Waals surface area contributed by atoms with Crippen LogP contribution in [0.4, 0.5) is 5.69 Å². The van der Waals surface area contributed by atoms with Crippen molar-refractivity contribution in [1.29, 1.82) is 0 Å². The van der Waals surface area contributed by atoms with E-state index in [-0.39, 0.29) is 5.91 Å². The van der Waals surface area contributed by atoms with E-state index >= 15 is 0 Å². The number of anilines is 1. The molecule has 0 bridgehead atoms. The predicted molar refractivity (Wildman–Crippen MR) is 103 cm³/mol. The molecule has 1 atom stereocenters. The number of benzene rings is 2. The minimum Gasteiger partial charge on any atom is -0.497 e. The Kier molecular flexibility index (Phi) is 7.37. The van der Waals surface area contributed by atoms with Crippen molar-refractivity contribution in [3.63, 3.8) is 0 Å². The lowest BCUT2D eigenvalue weighted by molar-refractivity contribution is -0.116. The van der Waals surface area contributed by atoms with Crippen molar-refractivity contribution in [3.8, 4) is 5.75 Å². The average Bonchev–Trinajstić information content (AvgIpc) is 2.67. The van der Waals surface area contributed by atoms with Gasteiger partial charge in [-0.15, -0.1) is 0 Å². The van der Waals surface area contributed by atoms with E-state index in [0.717, 1.165) is 16.9 Å². The first-order chi connectivity index (χ1) is 12.5. The van der Waals surface area contributed by atoms with E-state index in [0.29, 0.717) is 25.2 Å². The third-order valence-corrected chi connectivity index (χ3v) is 4.51. The Balaban J connectivity index is 2.03. The number of nitrogens with one attached hydrogen (secondary N) is 1. The summed E-state index contributed by atoms with van der Waals surface area (Å²) in [5.74, 6) is 0.529. The monoisotopic (exact) mass is 374 g/mol. The molecule has 0 heterocycles. The van der Waals surface area contributed by atoms with Crippen LogP contribution >= 0.6 is 0 Å². The van der Waals surface area contributed by atoms with Crippen LogP contribution in [0.3, 0.4) is 0 Å². The van der Waals surface area contributed by atoms with Crippen molar-refractivity contribution >= 4 is 22.9 Å². The van der Waals surface area contributed by atoms with Gasteiger partial charge in [-0.2, -0.15) is 0 Å². The van der Waals surface area contributed by atoms with Crippen LogP contribution in [0, 0.1) is 0 Å². The number of ether oxygens (including phenoxy) is 1. The van der Waals surface area contributed by atoms with Crippen molar-refractivity contribution in [2.24, 2.45) is 0 Å². The maximum Gasteiger partial charge on any atom is 0.262 e. The van der Waals surface area contributed by atoms with Gasteiger partial charge in [0.05, 0.1) is 19.3 Å². The Morgan fingerprint density at radius 1 is 1.19 bits per heavy atom. The van der Waals surface area contributed by atoms with Gasteiger partial charge in [0.1, 0.15) is 5.75 Å². The van der Waals surface area contributed by atoms with Gasteiger partial charge in [-0.05, 0) is 47.9 Å². The molecule has 1 amide bonds. The third-order valence-electron chi connectivity index (χ3n) is 3.80. The highest BCUT2D eigenvalue weighted by Crippen LogP contribution is 2.21. The van der Waals surface area contributed by atoms with Gasteiger partial charge >= 0.3 is 0 Å². The van der Waals surface area contributed by atoms with Crippen molar-refractivity contribution in [2.75, 3.05) is 18.0 Å². The number of amides is 1. The number of methoxy groups -OCH3 is 1. The Bertz CT molecular complexity index is 760. The summed E-state index contributed by atoms with van der Waals surface area (Å²) in [5.41, 5.74) is 2.55. The summed E-state index contributed by atoms with van der Waals surface area (Å²) in [7, 11) is 1.59. The summed E-state index contributed by atoms with van der Waals surface area (Å²) in [5, 5.41) is 2.71. The van der Waals surface area contributed by atoms with Gasteiger partial charge in [0.25, 0.3) is 11.3 Å². The largest absolute Gasteiger partial charge is 0.497 e. The molecule has 138 valence electrons. The molecule has 26 heavy (non-hydrogen) atoms. The highest BCUT2D eigenvalue weighted by Gasteiger charge is 2.13. The van der Waals surface area contributed by atoms with Crippen LogP contribution in [0.1, 0.15) is 11.1 Å². The summed E-state index contributed by atoms with van der Waals surface area (Å²) in [4.78, 5) is 11.1. The Morgan fingerprint density at radius 3 is 2.35 bits per heavy atom. The molecule has 0 spiro atoms. The van der Waals surface area contributed by atoms with Crippen LogP contribution in [0.25, 0.3) is 0 Å². The van der Waals surface area contributed by atoms with E-state index in [1.807, 2.05) is 36.4 Å². The predicted octanol–water partition coefficient (Wildman–Crippen LogP) is 2.68. The molecule has 0 aliphatic heterocycles. The fraction of sp³-hybridized carbons (Fsp3) is 0.211. The van der Waals surface area contributed by atoms with Crippen LogP contribution in [-0.2, 0) is 29.0 Å². The summed E-state index contributed by atoms with van der Waals surface area (Å²) in [6, 6.07) is 14.7. The SMILES string of the molecule is C=CC(=O)NCCc1ccc(N(Cc2ccc(OC)cc2)S(=O)O)cc1. The molecule has 2 rings (SSSR count). The second kappa shape index (κ2) is 9.74. The van der Waals surface area contributed by atoms with E-state index in [9.17, 15) is 13.6 Å². The van der Waals surface area contributed by atoms with Gasteiger partial charge < -0.3 is 10.1 Å². The number of hydrogen-bond acceptors (Lipinski definition) is 3. The Hall–Kier alpha value is -2.64. The first-order valence-corrected chi connectivity index (χ1v) is 9.10. The molecule has 2 N–H and O–H groups in total. The normalized spacial score (nSPS) is 11.5. The van der Waals surface area contributed by atoms with E-state index < -0.39 is 11.3 Å². The van der Waals surface area contributed by atoms with Gasteiger partial charge in [0, 0.05) is 6.54 Å². The second-order valence-corrected chi connectivity index (χ2v) is 6.43. The van der Waals surface area contributed by atoms with E-state index in [4.69, 9.17) is 4.74 Å². The molecular weight excluding hydrogens is 352 g/mol. The second-order valence-electron chi connectivity index (χ2n) is 5.53. The highest BCUT2D eigenvalue weighted by molar-refractivity contribution is 7.80. The van der Waals surface area contributed by atoms with Crippen LogP contribution in [0.15, 0.2) is 61.2 Å². The standard InChI is InChI=1S/C19H22N2O4S/c1-3-19(22)20-13-12-15-4-8-17(9-5-15)21(26(23)24)14-16-6-10-18(25-2)11-7-16/h3-11H,1,12-14H2,2H3,(H,20,22)(H,23,24). The van der Waals surface area contributed by atoms with Gasteiger partial charge in [0.2, 0.25) is 5.91 Å². The first kappa shape index (κ1) is 19.7. The zero-order valence-corrected chi connectivity index (χ0v) is 15.4.